The predicted octanol–water partition coefficient (Wildman–Crippen LogP) is 3.31. The van der Waals surface area contributed by atoms with E-state index in [2.05, 4.69) is 23.5 Å². The molecule has 104 valence electrons. The Balaban J connectivity index is 2.03. The number of halogens is 1. The number of benzene rings is 1. The molecule has 2 unspecified atom stereocenters. The molecule has 19 heavy (non-hydrogen) atoms. The lowest BCUT2D eigenvalue weighted by atomic mass is 9.83. The van der Waals surface area contributed by atoms with E-state index in [1.165, 1.54) is 11.1 Å². The van der Waals surface area contributed by atoms with Gasteiger partial charge in [0.25, 0.3) is 0 Å². The van der Waals surface area contributed by atoms with E-state index in [4.69, 9.17) is 11.6 Å². The van der Waals surface area contributed by atoms with Crippen LogP contribution < -0.4 is 5.32 Å². The topological polar surface area (TPSA) is 29.1 Å². The number of aryl methyl sites for hydroxylation is 1. The molecule has 0 saturated carbocycles. The number of amides is 1. The first-order chi connectivity index (χ1) is 8.90. The van der Waals surface area contributed by atoms with Gasteiger partial charge in [-0.2, -0.15) is 0 Å². The summed E-state index contributed by atoms with van der Waals surface area (Å²) in [6.45, 7) is 5.86. The number of rotatable bonds is 3. The molecule has 1 N–H and O–H groups in total. The average Bonchev–Trinajstić information content (AvgIpc) is 2.37. The molecular weight excluding hydrogens is 258 g/mol. The molecule has 1 aliphatic carbocycles. The van der Waals surface area contributed by atoms with Gasteiger partial charge < -0.3 is 5.32 Å². The second kappa shape index (κ2) is 5.54. The summed E-state index contributed by atoms with van der Waals surface area (Å²) in [6.07, 6.45) is 2.76. The van der Waals surface area contributed by atoms with Gasteiger partial charge in [-0.1, -0.05) is 24.3 Å². The van der Waals surface area contributed by atoms with E-state index in [1.807, 2.05) is 26.8 Å². The largest absolute Gasteiger partial charge is 0.350 e. The van der Waals surface area contributed by atoms with Crippen LogP contribution in [-0.2, 0) is 17.6 Å². The molecule has 0 fully saturated rings. The van der Waals surface area contributed by atoms with Crippen molar-refractivity contribution in [3.8, 4) is 0 Å². The monoisotopic (exact) mass is 279 g/mol. The number of hydrogen-bond donors (Lipinski definition) is 1. The molecule has 1 aromatic carbocycles. The van der Waals surface area contributed by atoms with Gasteiger partial charge in [0.15, 0.2) is 0 Å². The summed E-state index contributed by atoms with van der Waals surface area (Å²) in [6, 6.07) is 8.40. The smallest absolute Gasteiger partial charge is 0.223 e. The maximum absolute atomic E-state index is 12.4. The molecular formula is C16H22ClNO. The third kappa shape index (κ3) is 3.30. The summed E-state index contributed by atoms with van der Waals surface area (Å²) in [5.41, 5.74) is 2.33. The molecule has 2 atom stereocenters. The van der Waals surface area contributed by atoms with Crippen LogP contribution in [0.2, 0.25) is 0 Å². The Bertz CT molecular complexity index is 468. The van der Waals surface area contributed by atoms with Crippen LogP contribution in [0.1, 0.15) is 38.3 Å². The number of fused-ring (bicyclic) bond motifs is 1. The Kier molecular flexibility index (Phi) is 4.19. The zero-order valence-electron chi connectivity index (χ0n) is 11.9. The van der Waals surface area contributed by atoms with Gasteiger partial charge in [0.1, 0.15) is 0 Å². The lowest BCUT2D eigenvalue weighted by molar-refractivity contribution is -0.127. The first-order valence-corrected chi connectivity index (χ1v) is 7.36. The Hall–Kier alpha value is -1.02. The van der Waals surface area contributed by atoms with Gasteiger partial charge in [-0.05, 0) is 51.2 Å². The lowest BCUT2D eigenvalue weighted by Gasteiger charge is -2.32. The van der Waals surface area contributed by atoms with E-state index in [-0.39, 0.29) is 22.7 Å². The van der Waals surface area contributed by atoms with Crippen molar-refractivity contribution in [1.82, 2.24) is 5.32 Å². The molecule has 0 saturated heterocycles. The van der Waals surface area contributed by atoms with E-state index >= 15 is 0 Å². The molecule has 0 radical (unpaired) electrons. The van der Waals surface area contributed by atoms with Crippen molar-refractivity contribution in [2.75, 3.05) is 0 Å². The van der Waals surface area contributed by atoms with Crippen molar-refractivity contribution in [3.05, 3.63) is 35.4 Å². The van der Waals surface area contributed by atoms with Gasteiger partial charge in [0.05, 0.1) is 10.9 Å². The first kappa shape index (κ1) is 14.4. The second-order valence-electron chi connectivity index (χ2n) is 6.04. The summed E-state index contributed by atoms with van der Waals surface area (Å²) in [4.78, 5) is 12.4. The zero-order valence-corrected chi connectivity index (χ0v) is 12.6. The third-order valence-electron chi connectivity index (χ3n) is 4.16. The van der Waals surface area contributed by atoms with E-state index in [1.54, 1.807) is 0 Å². The number of nitrogens with one attached hydrogen (secondary N) is 1. The lowest BCUT2D eigenvalue weighted by Crippen LogP contribution is -2.51. The Morgan fingerprint density at radius 2 is 2.00 bits per heavy atom. The van der Waals surface area contributed by atoms with Crippen LogP contribution in [0.5, 0.6) is 0 Å². The third-order valence-corrected chi connectivity index (χ3v) is 4.70. The summed E-state index contributed by atoms with van der Waals surface area (Å²) < 4.78 is 0. The van der Waals surface area contributed by atoms with Crippen molar-refractivity contribution < 1.29 is 4.79 Å². The van der Waals surface area contributed by atoms with E-state index in [0.717, 1.165) is 19.3 Å². The highest BCUT2D eigenvalue weighted by molar-refractivity contribution is 6.21. The number of carbonyl (C=O) groups excluding carboxylic acids is 1. The fourth-order valence-corrected chi connectivity index (χ4v) is 2.50. The fourth-order valence-electron chi connectivity index (χ4n) is 2.44. The molecule has 0 aliphatic heterocycles. The summed E-state index contributed by atoms with van der Waals surface area (Å²) in [5.74, 6) is 0.205. The van der Waals surface area contributed by atoms with Crippen LogP contribution in [0.15, 0.2) is 24.3 Å². The molecule has 0 bridgehead atoms. The van der Waals surface area contributed by atoms with Crippen LogP contribution >= 0.6 is 11.6 Å². The predicted molar refractivity (Wildman–Crippen MR) is 79.5 cm³/mol. The van der Waals surface area contributed by atoms with E-state index < -0.39 is 0 Å². The van der Waals surface area contributed by atoms with Crippen LogP contribution in [0.25, 0.3) is 0 Å². The SMILES string of the molecule is CC(Cl)C(C)(C)NC(=O)C1CCc2ccccc2C1. The second-order valence-corrected chi connectivity index (χ2v) is 6.69. The van der Waals surface area contributed by atoms with Crippen molar-refractivity contribution in [2.45, 2.75) is 50.9 Å². The van der Waals surface area contributed by atoms with Crippen molar-refractivity contribution in [2.24, 2.45) is 5.92 Å². The van der Waals surface area contributed by atoms with Crippen LogP contribution in [-0.4, -0.2) is 16.8 Å². The van der Waals surface area contributed by atoms with Gasteiger partial charge in [-0.25, -0.2) is 0 Å². The highest BCUT2D eigenvalue weighted by Crippen LogP contribution is 2.26. The molecule has 0 spiro atoms. The van der Waals surface area contributed by atoms with Crippen molar-refractivity contribution in [1.29, 1.82) is 0 Å². The van der Waals surface area contributed by atoms with Gasteiger partial charge in [0, 0.05) is 5.92 Å². The van der Waals surface area contributed by atoms with E-state index in [0.29, 0.717) is 0 Å². The van der Waals surface area contributed by atoms with E-state index in [9.17, 15) is 4.79 Å². The Morgan fingerprint density at radius 3 is 2.63 bits per heavy atom. The van der Waals surface area contributed by atoms with Crippen LogP contribution in [0.4, 0.5) is 0 Å². The fraction of sp³-hybridized carbons (Fsp3) is 0.562. The molecule has 2 rings (SSSR count). The molecule has 1 aromatic rings. The van der Waals surface area contributed by atoms with Crippen LogP contribution in [0.3, 0.4) is 0 Å². The molecule has 0 aromatic heterocycles. The number of carbonyl (C=O) groups is 1. The standard InChI is InChI=1S/C16H22ClNO/c1-11(17)16(2,3)18-15(19)14-9-8-12-6-4-5-7-13(12)10-14/h4-7,11,14H,8-10H2,1-3H3,(H,18,19). The van der Waals surface area contributed by atoms with Crippen LogP contribution in [0, 0.1) is 5.92 Å². The highest BCUT2D eigenvalue weighted by atomic mass is 35.5. The number of alkyl halides is 1. The Morgan fingerprint density at radius 1 is 1.37 bits per heavy atom. The summed E-state index contributed by atoms with van der Waals surface area (Å²) in [5, 5.41) is 2.99. The quantitative estimate of drug-likeness (QED) is 0.845. The van der Waals surface area contributed by atoms with Gasteiger partial charge in [0.2, 0.25) is 5.91 Å². The van der Waals surface area contributed by atoms with Crippen molar-refractivity contribution in [3.63, 3.8) is 0 Å². The van der Waals surface area contributed by atoms with Gasteiger partial charge in [-0.3, -0.25) is 4.79 Å². The van der Waals surface area contributed by atoms with Gasteiger partial charge in [-0.15, -0.1) is 11.6 Å². The minimum Gasteiger partial charge on any atom is -0.350 e. The minimum absolute atomic E-state index is 0.0737. The minimum atomic E-state index is -0.365. The molecule has 1 amide bonds. The molecule has 1 aliphatic rings. The molecule has 0 heterocycles. The van der Waals surface area contributed by atoms with Gasteiger partial charge >= 0.3 is 0 Å². The normalized spacial score (nSPS) is 20.5. The summed E-state index contributed by atoms with van der Waals surface area (Å²) in [7, 11) is 0. The van der Waals surface area contributed by atoms with Crippen molar-refractivity contribution >= 4 is 17.5 Å². The maximum atomic E-state index is 12.4. The zero-order chi connectivity index (χ0) is 14.0. The number of hydrogen-bond acceptors (Lipinski definition) is 1. The molecule has 3 heteroatoms. The first-order valence-electron chi connectivity index (χ1n) is 6.93. The molecule has 2 nitrogen and oxygen atoms in total. The highest BCUT2D eigenvalue weighted by Gasteiger charge is 2.31. The average molecular weight is 280 g/mol. The maximum Gasteiger partial charge on any atom is 0.223 e. The summed E-state index contributed by atoms with van der Waals surface area (Å²) >= 11 is 6.12. The Labute approximate surface area is 120 Å².